The molecule has 0 bridgehead atoms. The number of carboxylic acid groups (broad SMARTS) is 1. The van der Waals surface area contributed by atoms with E-state index in [0.29, 0.717) is 19.5 Å². The highest BCUT2D eigenvalue weighted by Crippen LogP contribution is 2.29. The van der Waals surface area contributed by atoms with E-state index in [0.717, 1.165) is 39.3 Å². The number of nitrogens with one attached hydrogen (secondary N) is 2. The first-order chi connectivity index (χ1) is 18.2. The fourth-order valence-corrected chi connectivity index (χ4v) is 4.48. The Morgan fingerprint density at radius 2 is 1.76 bits per heavy atom. The van der Waals surface area contributed by atoms with Crippen molar-refractivity contribution in [2.24, 2.45) is 5.14 Å². The molecule has 1 unspecified atom stereocenters. The number of benzene rings is 3. The molecular formula is C28H31F2N3O4S. The summed E-state index contributed by atoms with van der Waals surface area (Å²) in [6.45, 7) is 3.09. The van der Waals surface area contributed by atoms with Gasteiger partial charge in [-0.1, -0.05) is 24.3 Å². The second-order valence-corrected chi connectivity index (χ2v) is 9.57. The third-order valence-corrected chi connectivity index (χ3v) is 6.62. The molecule has 10 heteroatoms. The maximum atomic E-state index is 13.8. The predicted molar refractivity (Wildman–Crippen MR) is 144 cm³/mol. The molecule has 0 aliphatic heterocycles. The molecule has 7 nitrogen and oxygen atoms in total. The lowest BCUT2D eigenvalue weighted by Gasteiger charge is -2.14. The van der Waals surface area contributed by atoms with Crippen LogP contribution in [0.5, 0.6) is 0 Å². The van der Waals surface area contributed by atoms with Gasteiger partial charge in [0.05, 0.1) is 6.10 Å². The normalized spacial score (nSPS) is 11.8. The Hall–Kier alpha value is -3.31. The molecule has 0 saturated heterocycles. The summed E-state index contributed by atoms with van der Waals surface area (Å²) in [6.07, 6.45) is 0.163. The SMILES string of the molecule is Cc1cc(SN)ccc1-c1cccc(C(O)CCNCCC(=O)NCCc2cc(F)c(C(=O)O)c(F)c2)c1. The number of carbonyl (C=O) groups is 2. The van der Waals surface area contributed by atoms with Crippen LogP contribution in [-0.4, -0.2) is 41.7 Å². The third-order valence-electron chi connectivity index (χ3n) is 6.09. The van der Waals surface area contributed by atoms with Gasteiger partial charge in [0, 0.05) is 24.4 Å². The van der Waals surface area contributed by atoms with E-state index >= 15 is 0 Å². The van der Waals surface area contributed by atoms with Crippen LogP contribution >= 0.6 is 11.9 Å². The minimum absolute atomic E-state index is 0.159. The van der Waals surface area contributed by atoms with E-state index in [1.807, 2.05) is 49.4 Å². The van der Waals surface area contributed by atoms with Crippen molar-refractivity contribution in [3.8, 4) is 11.1 Å². The average molecular weight is 544 g/mol. The number of carboxylic acids is 1. The highest BCUT2D eigenvalue weighted by atomic mass is 32.2. The molecule has 3 aromatic carbocycles. The highest BCUT2D eigenvalue weighted by Gasteiger charge is 2.17. The van der Waals surface area contributed by atoms with E-state index in [9.17, 15) is 23.5 Å². The Morgan fingerprint density at radius 1 is 1.03 bits per heavy atom. The lowest BCUT2D eigenvalue weighted by atomic mass is 9.96. The molecular weight excluding hydrogens is 512 g/mol. The van der Waals surface area contributed by atoms with Gasteiger partial charge in [-0.15, -0.1) is 0 Å². The van der Waals surface area contributed by atoms with E-state index in [4.69, 9.17) is 10.2 Å². The van der Waals surface area contributed by atoms with Gasteiger partial charge < -0.3 is 20.8 Å². The summed E-state index contributed by atoms with van der Waals surface area (Å²) < 4.78 is 27.5. The van der Waals surface area contributed by atoms with Crippen molar-refractivity contribution >= 4 is 23.8 Å². The zero-order chi connectivity index (χ0) is 27.7. The summed E-state index contributed by atoms with van der Waals surface area (Å²) in [5.74, 6) is -4.19. The molecule has 0 spiro atoms. The molecule has 202 valence electrons. The summed E-state index contributed by atoms with van der Waals surface area (Å²) in [5, 5.41) is 30.9. The molecule has 3 aromatic rings. The number of amides is 1. The van der Waals surface area contributed by atoms with Crippen molar-refractivity contribution in [3.05, 3.63) is 88.5 Å². The van der Waals surface area contributed by atoms with Crippen molar-refractivity contribution < 1.29 is 28.6 Å². The molecule has 1 amide bonds. The molecule has 6 N–H and O–H groups in total. The molecule has 0 radical (unpaired) electrons. The largest absolute Gasteiger partial charge is 0.477 e. The Balaban J connectivity index is 1.38. The Bertz CT molecular complexity index is 1270. The molecule has 0 fully saturated rings. The summed E-state index contributed by atoms with van der Waals surface area (Å²) in [7, 11) is 0. The van der Waals surface area contributed by atoms with Crippen LogP contribution in [0.1, 0.15) is 46.0 Å². The fraction of sp³-hybridized carbons (Fsp3) is 0.286. The van der Waals surface area contributed by atoms with Crippen LogP contribution < -0.4 is 15.8 Å². The van der Waals surface area contributed by atoms with Crippen LogP contribution in [0, 0.1) is 18.6 Å². The first-order valence-electron chi connectivity index (χ1n) is 12.1. The number of aromatic carboxylic acids is 1. The minimum atomic E-state index is -1.67. The Kier molecular flexibility index (Phi) is 10.8. The molecule has 0 saturated carbocycles. The number of hydrogen-bond donors (Lipinski definition) is 5. The van der Waals surface area contributed by atoms with E-state index < -0.39 is 29.3 Å². The van der Waals surface area contributed by atoms with Crippen molar-refractivity contribution in [1.29, 1.82) is 0 Å². The van der Waals surface area contributed by atoms with Crippen molar-refractivity contribution in [1.82, 2.24) is 10.6 Å². The van der Waals surface area contributed by atoms with Gasteiger partial charge in [-0.05, 0) is 96.4 Å². The van der Waals surface area contributed by atoms with Crippen LogP contribution in [0.15, 0.2) is 59.5 Å². The zero-order valence-electron chi connectivity index (χ0n) is 21.0. The van der Waals surface area contributed by atoms with Crippen LogP contribution in [0.4, 0.5) is 8.78 Å². The van der Waals surface area contributed by atoms with E-state index in [2.05, 4.69) is 10.6 Å². The number of carbonyl (C=O) groups excluding carboxylic acids is 1. The van der Waals surface area contributed by atoms with Crippen molar-refractivity contribution in [2.75, 3.05) is 19.6 Å². The lowest BCUT2D eigenvalue weighted by molar-refractivity contribution is -0.120. The van der Waals surface area contributed by atoms with Gasteiger partial charge >= 0.3 is 5.97 Å². The second-order valence-electron chi connectivity index (χ2n) is 8.86. The molecule has 0 aliphatic carbocycles. The average Bonchev–Trinajstić information content (AvgIpc) is 2.87. The van der Waals surface area contributed by atoms with Crippen LogP contribution in [0.3, 0.4) is 0 Å². The van der Waals surface area contributed by atoms with Crippen LogP contribution in [0.25, 0.3) is 11.1 Å². The van der Waals surface area contributed by atoms with E-state index in [1.54, 1.807) is 0 Å². The van der Waals surface area contributed by atoms with Gasteiger partial charge in [-0.2, -0.15) is 0 Å². The molecule has 1 atom stereocenters. The quantitative estimate of drug-likeness (QED) is 0.160. The molecule has 38 heavy (non-hydrogen) atoms. The van der Waals surface area contributed by atoms with Gasteiger partial charge in [0.2, 0.25) is 5.91 Å². The van der Waals surface area contributed by atoms with Gasteiger partial charge in [-0.3, -0.25) is 9.93 Å². The smallest absolute Gasteiger partial charge is 0.341 e. The molecule has 0 aromatic heterocycles. The van der Waals surface area contributed by atoms with E-state index in [-0.39, 0.29) is 30.9 Å². The number of halogens is 2. The van der Waals surface area contributed by atoms with Crippen molar-refractivity contribution in [2.45, 2.75) is 37.2 Å². The monoisotopic (exact) mass is 543 g/mol. The number of aliphatic hydroxyl groups excluding tert-OH is 1. The predicted octanol–water partition coefficient (Wildman–Crippen LogP) is 4.37. The lowest BCUT2D eigenvalue weighted by Crippen LogP contribution is -2.29. The zero-order valence-corrected chi connectivity index (χ0v) is 21.8. The molecule has 3 rings (SSSR count). The fourth-order valence-electron chi connectivity index (χ4n) is 4.09. The first kappa shape index (κ1) is 29.2. The number of hydrogen-bond acceptors (Lipinski definition) is 6. The number of rotatable bonds is 13. The molecule has 0 heterocycles. The van der Waals surface area contributed by atoms with Crippen LogP contribution in [-0.2, 0) is 11.2 Å². The number of aliphatic hydroxyl groups is 1. The van der Waals surface area contributed by atoms with Crippen LogP contribution in [0.2, 0.25) is 0 Å². The number of aryl methyl sites for hydroxylation is 1. The molecule has 0 aliphatic rings. The summed E-state index contributed by atoms with van der Waals surface area (Å²) in [4.78, 5) is 23.9. The second kappa shape index (κ2) is 14.0. The van der Waals surface area contributed by atoms with E-state index in [1.165, 1.54) is 11.9 Å². The van der Waals surface area contributed by atoms with Gasteiger partial charge in [-0.25, -0.2) is 13.6 Å². The van der Waals surface area contributed by atoms with Crippen molar-refractivity contribution in [3.63, 3.8) is 0 Å². The maximum absolute atomic E-state index is 13.8. The summed E-state index contributed by atoms with van der Waals surface area (Å²) in [5.41, 5.74) is 3.26. The Labute approximate surface area is 224 Å². The summed E-state index contributed by atoms with van der Waals surface area (Å²) >= 11 is 1.20. The first-order valence-corrected chi connectivity index (χ1v) is 13.0. The van der Waals surface area contributed by atoms with Gasteiger partial charge in [0.25, 0.3) is 0 Å². The van der Waals surface area contributed by atoms with Gasteiger partial charge in [0.1, 0.15) is 17.2 Å². The Morgan fingerprint density at radius 3 is 2.42 bits per heavy atom. The minimum Gasteiger partial charge on any atom is -0.477 e. The topological polar surface area (TPSA) is 125 Å². The maximum Gasteiger partial charge on any atom is 0.341 e. The summed E-state index contributed by atoms with van der Waals surface area (Å²) in [6, 6.07) is 15.7. The third kappa shape index (κ3) is 8.09. The van der Waals surface area contributed by atoms with Gasteiger partial charge in [0.15, 0.2) is 0 Å². The standard InChI is InChI=1S/C28H31F2N3O4S/c1-17-13-21(38-31)5-6-22(17)19-3-2-4-20(16-19)25(34)8-10-32-11-9-26(35)33-12-7-18-14-23(29)27(28(36)37)24(30)15-18/h2-6,13-16,25,32,34H,7-12,31H2,1H3,(H,33,35)(H,36,37). The highest BCUT2D eigenvalue weighted by molar-refractivity contribution is 7.97. The number of nitrogens with two attached hydrogens (primary N) is 1.